The van der Waals surface area contributed by atoms with Crippen LogP contribution >= 0.6 is 15.9 Å². The maximum absolute atomic E-state index is 13.4. The third-order valence-electron chi connectivity index (χ3n) is 5.51. The van der Waals surface area contributed by atoms with Crippen molar-refractivity contribution >= 4 is 42.6 Å². The van der Waals surface area contributed by atoms with E-state index in [0.717, 1.165) is 26.7 Å². The first-order chi connectivity index (χ1) is 14.8. The van der Waals surface area contributed by atoms with Gasteiger partial charge in [0.05, 0.1) is 30.8 Å². The molecular weight excluding hydrogens is 482 g/mol. The lowest BCUT2D eigenvalue weighted by Crippen LogP contribution is -2.41. The van der Waals surface area contributed by atoms with Crippen molar-refractivity contribution in [1.82, 2.24) is 4.90 Å². The van der Waals surface area contributed by atoms with Crippen LogP contribution in [0.5, 0.6) is 5.75 Å². The number of benzene rings is 2. The van der Waals surface area contributed by atoms with Crippen molar-refractivity contribution in [2.24, 2.45) is 0 Å². The Bertz CT molecular complexity index is 1190. The Morgan fingerprint density at radius 1 is 1.23 bits per heavy atom. The van der Waals surface area contributed by atoms with Gasteiger partial charge in [0.1, 0.15) is 11.3 Å². The highest BCUT2D eigenvalue weighted by Gasteiger charge is 2.34. The average Bonchev–Trinajstić information content (AvgIpc) is 3.30. The lowest BCUT2D eigenvalue weighted by Gasteiger charge is -2.28. The molecule has 8 heteroatoms. The Hall–Kier alpha value is -2.32. The topological polar surface area (TPSA) is 76.8 Å². The van der Waals surface area contributed by atoms with Gasteiger partial charge in [-0.25, -0.2) is 8.42 Å². The molecule has 2 heterocycles. The molecule has 0 bridgehead atoms. The average molecular weight is 506 g/mol. The van der Waals surface area contributed by atoms with Gasteiger partial charge in [-0.3, -0.25) is 4.79 Å². The molecule has 1 fully saturated rings. The zero-order valence-electron chi connectivity index (χ0n) is 17.2. The number of rotatable bonds is 7. The molecule has 1 atom stereocenters. The fourth-order valence-electron chi connectivity index (χ4n) is 3.95. The molecule has 1 saturated heterocycles. The van der Waals surface area contributed by atoms with Crippen LogP contribution in [0.3, 0.4) is 0 Å². The van der Waals surface area contributed by atoms with Crippen LogP contribution in [0.1, 0.15) is 24.5 Å². The summed E-state index contributed by atoms with van der Waals surface area (Å²) < 4.78 is 36.2. The summed E-state index contributed by atoms with van der Waals surface area (Å²) >= 11 is 3.46. The third kappa shape index (κ3) is 5.13. The molecular formula is C23H24BrNO5S. The quantitative estimate of drug-likeness (QED) is 0.476. The van der Waals surface area contributed by atoms with Crippen molar-refractivity contribution in [2.45, 2.75) is 32.4 Å². The van der Waals surface area contributed by atoms with E-state index in [4.69, 9.17) is 9.15 Å². The minimum Gasteiger partial charge on any atom is -0.494 e. The van der Waals surface area contributed by atoms with Crippen molar-refractivity contribution in [3.63, 3.8) is 0 Å². The first kappa shape index (κ1) is 21.9. The van der Waals surface area contributed by atoms with Crippen LogP contribution in [0, 0.1) is 0 Å². The van der Waals surface area contributed by atoms with Crippen molar-refractivity contribution in [2.75, 3.05) is 18.1 Å². The van der Waals surface area contributed by atoms with Gasteiger partial charge in [0, 0.05) is 28.0 Å². The number of carbonyl (C=O) groups is 1. The highest BCUT2D eigenvalue weighted by Crippen LogP contribution is 2.27. The maximum atomic E-state index is 13.4. The summed E-state index contributed by atoms with van der Waals surface area (Å²) in [4.78, 5) is 15.1. The van der Waals surface area contributed by atoms with Gasteiger partial charge in [0.2, 0.25) is 5.91 Å². The maximum Gasteiger partial charge on any atom is 0.227 e. The van der Waals surface area contributed by atoms with Gasteiger partial charge in [0.15, 0.2) is 9.84 Å². The van der Waals surface area contributed by atoms with Crippen LogP contribution in [0.4, 0.5) is 0 Å². The minimum absolute atomic E-state index is 0.00739. The Balaban J connectivity index is 1.58. The summed E-state index contributed by atoms with van der Waals surface area (Å²) in [6, 6.07) is 12.9. The molecule has 31 heavy (non-hydrogen) atoms. The van der Waals surface area contributed by atoms with Gasteiger partial charge >= 0.3 is 0 Å². The molecule has 2 aromatic carbocycles. The summed E-state index contributed by atoms with van der Waals surface area (Å²) in [6.45, 7) is 2.86. The van der Waals surface area contributed by atoms with Crippen LogP contribution in [0.2, 0.25) is 0 Å². The number of ether oxygens (including phenoxy) is 1. The molecule has 0 N–H and O–H groups in total. The number of fused-ring (bicyclic) bond motifs is 1. The molecule has 1 amide bonds. The number of furan rings is 1. The van der Waals surface area contributed by atoms with E-state index < -0.39 is 9.84 Å². The molecule has 1 aliphatic heterocycles. The predicted molar refractivity (Wildman–Crippen MR) is 123 cm³/mol. The molecule has 1 aliphatic rings. The first-order valence-corrected chi connectivity index (χ1v) is 12.8. The minimum atomic E-state index is -3.12. The van der Waals surface area contributed by atoms with E-state index in [1.54, 1.807) is 11.2 Å². The zero-order valence-corrected chi connectivity index (χ0v) is 19.6. The first-order valence-electron chi connectivity index (χ1n) is 10.2. The van der Waals surface area contributed by atoms with E-state index in [0.29, 0.717) is 25.2 Å². The molecule has 0 radical (unpaired) electrons. The van der Waals surface area contributed by atoms with E-state index in [1.807, 2.05) is 49.4 Å². The van der Waals surface area contributed by atoms with Gasteiger partial charge in [-0.15, -0.1) is 0 Å². The molecule has 164 valence electrons. The Morgan fingerprint density at radius 2 is 2.00 bits per heavy atom. The Morgan fingerprint density at radius 3 is 2.68 bits per heavy atom. The normalized spacial score (nSPS) is 17.7. The molecule has 6 nitrogen and oxygen atoms in total. The van der Waals surface area contributed by atoms with Crippen LogP contribution in [-0.4, -0.2) is 43.4 Å². The van der Waals surface area contributed by atoms with Crippen molar-refractivity contribution in [1.29, 1.82) is 0 Å². The van der Waals surface area contributed by atoms with Crippen molar-refractivity contribution in [3.8, 4) is 5.75 Å². The Labute approximate surface area is 190 Å². The van der Waals surface area contributed by atoms with Gasteiger partial charge in [-0.2, -0.15) is 0 Å². The monoisotopic (exact) mass is 505 g/mol. The number of hydrogen-bond donors (Lipinski definition) is 0. The molecule has 4 rings (SSSR count). The molecule has 0 spiro atoms. The molecule has 1 aromatic heterocycles. The molecule has 1 unspecified atom stereocenters. The number of halogens is 1. The second kappa shape index (κ2) is 9.04. The van der Waals surface area contributed by atoms with Crippen LogP contribution in [-0.2, 0) is 27.6 Å². The van der Waals surface area contributed by atoms with Gasteiger partial charge in [-0.1, -0.05) is 28.1 Å². The lowest BCUT2D eigenvalue weighted by atomic mass is 10.1. The molecule has 0 aliphatic carbocycles. The van der Waals surface area contributed by atoms with Crippen molar-refractivity contribution < 1.29 is 22.4 Å². The summed E-state index contributed by atoms with van der Waals surface area (Å²) in [6.07, 6.45) is 2.22. The van der Waals surface area contributed by atoms with E-state index in [1.165, 1.54) is 0 Å². The van der Waals surface area contributed by atoms with E-state index >= 15 is 0 Å². The molecule has 0 saturated carbocycles. The number of sulfone groups is 1. The fourth-order valence-corrected chi connectivity index (χ4v) is 6.04. The van der Waals surface area contributed by atoms with E-state index in [2.05, 4.69) is 15.9 Å². The van der Waals surface area contributed by atoms with Crippen LogP contribution in [0.25, 0.3) is 11.0 Å². The Kier molecular flexibility index (Phi) is 6.39. The summed E-state index contributed by atoms with van der Waals surface area (Å²) in [5, 5.41) is 0.878. The highest BCUT2D eigenvalue weighted by atomic mass is 79.9. The van der Waals surface area contributed by atoms with E-state index in [9.17, 15) is 13.2 Å². The van der Waals surface area contributed by atoms with Crippen LogP contribution < -0.4 is 4.74 Å². The SMILES string of the molecule is CCOc1ccc(CN(C(=O)Cc2coc3ccc(Br)cc23)C2CCS(=O)(=O)C2)cc1. The predicted octanol–water partition coefficient (Wildman–Crippen LogP) is 4.35. The third-order valence-corrected chi connectivity index (χ3v) is 7.76. The number of hydrogen-bond acceptors (Lipinski definition) is 5. The summed E-state index contributed by atoms with van der Waals surface area (Å²) in [7, 11) is -3.12. The number of nitrogens with zero attached hydrogens (tertiary/aromatic N) is 1. The zero-order chi connectivity index (χ0) is 22.0. The standard InChI is InChI=1S/C23H24BrNO5S/c1-2-29-20-6-3-16(4-7-20)13-25(19-9-10-31(27,28)15-19)23(26)11-17-14-30-22-8-5-18(24)12-21(17)22/h3-8,12,14,19H,2,9-11,13,15H2,1H3. The smallest absolute Gasteiger partial charge is 0.227 e. The van der Waals surface area contributed by atoms with E-state index in [-0.39, 0.29) is 29.9 Å². The van der Waals surface area contributed by atoms with Gasteiger partial charge < -0.3 is 14.1 Å². The lowest BCUT2D eigenvalue weighted by molar-refractivity contribution is -0.133. The number of carbonyl (C=O) groups excluding carboxylic acids is 1. The molecule has 3 aromatic rings. The van der Waals surface area contributed by atoms with Crippen LogP contribution in [0.15, 0.2) is 57.6 Å². The van der Waals surface area contributed by atoms with Gasteiger partial charge in [0.25, 0.3) is 0 Å². The van der Waals surface area contributed by atoms with Gasteiger partial charge in [-0.05, 0) is 49.2 Å². The largest absolute Gasteiger partial charge is 0.494 e. The highest BCUT2D eigenvalue weighted by molar-refractivity contribution is 9.10. The summed E-state index contributed by atoms with van der Waals surface area (Å²) in [5.74, 6) is 0.779. The van der Waals surface area contributed by atoms with Crippen molar-refractivity contribution in [3.05, 3.63) is 64.3 Å². The second-order valence-electron chi connectivity index (χ2n) is 7.73. The number of amides is 1. The fraction of sp³-hybridized carbons (Fsp3) is 0.348. The second-order valence-corrected chi connectivity index (χ2v) is 10.9. The summed E-state index contributed by atoms with van der Waals surface area (Å²) in [5.41, 5.74) is 2.44.